The van der Waals surface area contributed by atoms with Crippen molar-refractivity contribution in [3.63, 3.8) is 0 Å². The Labute approximate surface area is 123 Å². The summed E-state index contributed by atoms with van der Waals surface area (Å²) in [6.45, 7) is 6.09. The molecule has 2 N–H and O–H groups in total. The number of nitrogens with two attached hydrogens (primary N) is 1. The summed E-state index contributed by atoms with van der Waals surface area (Å²) in [6, 6.07) is 5.93. The first-order chi connectivity index (χ1) is 10.1. The van der Waals surface area contributed by atoms with Crippen molar-refractivity contribution < 1.29 is 0 Å². The average Bonchev–Trinajstić information content (AvgIpc) is 3.06. The lowest BCUT2D eigenvalue weighted by Gasteiger charge is -2.11. The van der Waals surface area contributed by atoms with Crippen LogP contribution in [-0.4, -0.2) is 24.5 Å². The molecule has 21 heavy (non-hydrogen) atoms. The van der Waals surface area contributed by atoms with Gasteiger partial charge in [0.25, 0.3) is 0 Å². The Morgan fingerprint density at radius 2 is 2.10 bits per heavy atom. The van der Waals surface area contributed by atoms with Crippen LogP contribution in [0, 0.1) is 0 Å². The molecule has 6 heteroatoms. The molecule has 3 rings (SSSR count). The lowest BCUT2D eigenvalue weighted by molar-refractivity contribution is 0.507. The Morgan fingerprint density at radius 1 is 1.24 bits per heavy atom. The Hall–Kier alpha value is -2.37. The van der Waals surface area contributed by atoms with Gasteiger partial charge in [0.1, 0.15) is 5.82 Å². The summed E-state index contributed by atoms with van der Waals surface area (Å²) in [6.07, 6.45) is 4.57. The molecule has 0 aliphatic heterocycles. The van der Waals surface area contributed by atoms with Crippen LogP contribution < -0.4 is 5.73 Å². The summed E-state index contributed by atoms with van der Waals surface area (Å²) in [5.74, 6) is 1.49. The average molecular weight is 284 g/mol. The molecule has 0 aliphatic carbocycles. The maximum Gasteiger partial charge on any atom is 0.112 e. The van der Waals surface area contributed by atoms with E-state index in [1.54, 1.807) is 6.20 Å². The highest BCUT2D eigenvalue weighted by Crippen LogP contribution is 2.24. The highest BCUT2D eigenvalue weighted by Gasteiger charge is 2.13. The van der Waals surface area contributed by atoms with E-state index in [9.17, 15) is 0 Å². The maximum absolute atomic E-state index is 5.86. The number of aromatic nitrogens is 5. The standard InChI is InChI=1S/C15H20N6/c1-11(2)15-18-13-10-12(16)4-5-14(13)21(15)8-3-7-20-9-6-17-19-20/h4-6,9-11H,3,7-8,16H2,1-2H3. The molecule has 0 aliphatic rings. The zero-order valence-electron chi connectivity index (χ0n) is 12.4. The second-order valence-corrected chi connectivity index (χ2v) is 5.54. The molecule has 6 nitrogen and oxygen atoms in total. The minimum atomic E-state index is 0.380. The molecule has 0 atom stereocenters. The predicted molar refractivity (Wildman–Crippen MR) is 82.9 cm³/mol. The zero-order chi connectivity index (χ0) is 14.8. The van der Waals surface area contributed by atoms with E-state index in [1.807, 2.05) is 23.0 Å². The van der Waals surface area contributed by atoms with Crippen LogP contribution in [0.5, 0.6) is 0 Å². The molecule has 2 heterocycles. The predicted octanol–water partition coefficient (Wildman–Crippen LogP) is 2.42. The number of hydrogen-bond acceptors (Lipinski definition) is 4. The first-order valence-electron chi connectivity index (χ1n) is 7.25. The topological polar surface area (TPSA) is 74.5 Å². The van der Waals surface area contributed by atoms with E-state index in [0.29, 0.717) is 5.92 Å². The monoisotopic (exact) mass is 284 g/mol. The molecule has 1 aromatic carbocycles. The molecule has 0 saturated carbocycles. The van der Waals surface area contributed by atoms with Crippen molar-refractivity contribution in [2.24, 2.45) is 0 Å². The third kappa shape index (κ3) is 2.74. The van der Waals surface area contributed by atoms with E-state index in [1.165, 1.54) is 0 Å². The van der Waals surface area contributed by atoms with Crippen molar-refractivity contribution in [1.82, 2.24) is 24.5 Å². The van der Waals surface area contributed by atoms with Gasteiger partial charge in [-0.05, 0) is 24.6 Å². The molecule has 0 saturated heterocycles. The van der Waals surface area contributed by atoms with Crippen LogP contribution in [0.2, 0.25) is 0 Å². The lowest BCUT2D eigenvalue weighted by atomic mass is 10.2. The molecule has 2 aromatic heterocycles. The minimum Gasteiger partial charge on any atom is -0.399 e. The van der Waals surface area contributed by atoms with Crippen molar-refractivity contribution in [2.45, 2.75) is 39.3 Å². The summed E-state index contributed by atoms with van der Waals surface area (Å²) >= 11 is 0. The van der Waals surface area contributed by atoms with Crippen molar-refractivity contribution in [3.05, 3.63) is 36.4 Å². The van der Waals surface area contributed by atoms with Gasteiger partial charge in [0.15, 0.2) is 0 Å². The van der Waals surface area contributed by atoms with E-state index in [4.69, 9.17) is 10.7 Å². The van der Waals surface area contributed by atoms with E-state index in [2.05, 4.69) is 34.8 Å². The number of nitrogen functional groups attached to an aromatic ring is 1. The third-order valence-corrected chi connectivity index (χ3v) is 3.56. The first-order valence-corrected chi connectivity index (χ1v) is 7.25. The Bertz CT molecular complexity index is 726. The van der Waals surface area contributed by atoms with Crippen LogP contribution in [0.1, 0.15) is 32.0 Å². The second-order valence-electron chi connectivity index (χ2n) is 5.54. The molecule has 0 unspecified atom stereocenters. The Balaban J connectivity index is 1.86. The Kier molecular flexibility index (Phi) is 3.60. The summed E-state index contributed by atoms with van der Waals surface area (Å²) in [5, 5.41) is 7.81. The fraction of sp³-hybridized carbons (Fsp3) is 0.400. The third-order valence-electron chi connectivity index (χ3n) is 3.56. The number of anilines is 1. The lowest BCUT2D eigenvalue weighted by Crippen LogP contribution is -2.09. The molecule has 0 spiro atoms. The van der Waals surface area contributed by atoms with E-state index in [-0.39, 0.29) is 0 Å². The van der Waals surface area contributed by atoms with Gasteiger partial charge in [0, 0.05) is 30.9 Å². The number of rotatable bonds is 5. The summed E-state index contributed by atoms with van der Waals surface area (Å²) in [4.78, 5) is 4.74. The van der Waals surface area contributed by atoms with E-state index in [0.717, 1.165) is 42.1 Å². The smallest absolute Gasteiger partial charge is 0.112 e. The fourth-order valence-corrected chi connectivity index (χ4v) is 2.58. The van der Waals surface area contributed by atoms with Gasteiger partial charge >= 0.3 is 0 Å². The van der Waals surface area contributed by atoms with Gasteiger partial charge in [-0.25, -0.2) is 4.98 Å². The number of hydrogen-bond donors (Lipinski definition) is 1. The van der Waals surface area contributed by atoms with Crippen LogP contribution in [-0.2, 0) is 13.1 Å². The van der Waals surface area contributed by atoms with Crippen molar-refractivity contribution in [3.8, 4) is 0 Å². The molecule has 0 amide bonds. The number of nitrogens with zero attached hydrogens (tertiary/aromatic N) is 5. The van der Waals surface area contributed by atoms with Gasteiger partial charge in [0.2, 0.25) is 0 Å². The van der Waals surface area contributed by atoms with Crippen molar-refractivity contribution >= 4 is 16.7 Å². The van der Waals surface area contributed by atoms with Crippen molar-refractivity contribution in [1.29, 1.82) is 0 Å². The number of imidazole rings is 1. The van der Waals surface area contributed by atoms with Gasteiger partial charge in [0.05, 0.1) is 17.2 Å². The fourth-order valence-electron chi connectivity index (χ4n) is 2.58. The van der Waals surface area contributed by atoms with Gasteiger partial charge < -0.3 is 10.3 Å². The SMILES string of the molecule is CC(C)c1nc2cc(N)ccc2n1CCCn1ccnn1. The second kappa shape index (κ2) is 5.55. The molecule has 0 bridgehead atoms. The maximum atomic E-state index is 5.86. The van der Waals surface area contributed by atoms with Crippen LogP contribution in [0.25, 0.3) is 11.0 Å². The molecule has 110 valence electrons. The zero-order valence-corrected chi connectivity index (χ0v) is 12.4. The van der Waals surface area contributed by atoms with Crippen LogP contribution >= 0.6 is 0 Å². The highest BCUT2D eigenvalue weighted by molar-refractivity contribution is 5.79. The van der Waals surface area contributed by atoms with Crippen LogP contribution in [0.4, 0.5) is 5.69 Å². The molecular formula is C15H20N6. The van der Waals surface area contributed by atoms with Gasteiger partial charge in [-0.15, -0.1) is 5.10 Å². The largest absolute Gasteiger partial charge is 0.399 e. The molecular weight excluding hydrogens is 264 g/mol. The van der Waals surface area contributed by atoms with Crippen molar-refractivity contribution in [2.75, 3.05) is 5.73 Å². The van der Waals surface area contributed by atoms with Crippen LogP contribution in [0.15, 0.2) is 30.6 Å². The van der Waals surface area contributed by atoms with Gasteiger partial charge in [-0.3, -0.25) is 4.68 Å². The normalized spacial score (nSPS) is 11.6. The minimum absolute atomic E-state index is 0.380. The molecule has 0 radical (unpaired) electrons. The van der Waals surface area contributed by atoms with Gasteiger partial charge in [-0.1, -0.05) is 19.1 Å². The Morgan fingerprint density at radius 3 is 2.81 bits per heavy atom. The van der Waals surface area contributed by atoms with E-state index >= 15 is 0 Å². The van der Waals surface area contributed by atoms with Crippen LogP contribution in [0.3, 0.4) is 0 Å². The quantitative estimate of drug-likeness (QED) is 0.730. The van der Waals surface area contributed by atoms with Gasteiger partial charge in [-0.2, -0.15) is 0 Å². The number of benzene rings is 1. The first kappa shape index (κ1) is 13.6. The molecule has 3 aromatic rings. The number of aryl methyl sites for hydroxylation is 2. The number of fused-ring (bicyclic) bond motifs is 1. The highest BCUT2D eigenvalue weighted by atomic mass is 15.4. The summed E-state index contributed by atoms with van der Waals surface area (Å²) < 4.78 is 4.14. The summed E-state index contributed by atoms with van der Waals surface area (Å²) in [5.41, 5.74) is 8.73. The molecule has 0 fully saturated rings. The van der Waals surface area contributed by atoms with E-state index < -0.39 is 0 Å². The summed E-state index contributed by atoms with van der Waals surface area (Å²) in [7, 11) is 0.